The molecular weight excluding hydrogens is 574 g/mol. The molecule has 8 nitrogen and oxygen atoms in total. The fraction of sp³-hybridized carbons (Fsp3) is 0.143. The molecule has 1 atom stereocenters. The second kappa shape index (κ2) is 11.4. The van der Waals surface area contributed by atoms with E-state index in [1.807, 2.05) is 72.8 Å². The first-order valence-corrected chi connectivity index (χ1v) is 15.0. The molecule has 0 fully saturated rings. The summed E-state index contributed by atoms with van der Waals surface area (Å²) in [5, 5.41) is 11.7. The number of fused-ring (bicyclic) bond motifs is 3. The van der Waals surface area contributed by atoms with Gasteiger partial charge in [-0.15, -0.1) is 0 Å². The molecule has 5 aromatic rings. The van der Waals surface area contributed by atoms with Gasteiger partial charge in [-0.05, 0) is 58.9 Å². The first-order valence-electron chi connectivity index (χ1n) is 14.2. The Labute approximate surface area is 256 Å². The van der Waals surface area contributed by atoms with Crippen LogP contribution >= 0.6 is 11.3 Å². The number of ether oxygens (including phenoxy) is 2. The highest BCUT2D eigenvalue weighted by molar-refractivity contribution is 7.07. The molecule has 44 heavy (non-hydrogen) atoms. The molecular formula is C35H27N3O5S. The highest BCUT2D eigenvalue weighted by atomic mass is 32.1. The standard InChI is InChI=1S/C35H27N3O5S/c1-42-30-18-23(14-17-29(30)43-21-22-8-3-2-4-9-22)19-31-34(39)37-33(25-11-7-12-26(20-25)38(40)41)28-16-15-24-10-5-6-13-27(24)32(28)36-35(37)44-31/h2-14,17-20,33H,15-16,21H2,1H3/b31-19+/t33-/m0/s1. The van der Waals surface area contributed by atoms with Gasteiger partial charge in [0.15, 0.2) is 16.3 Å². The summed E-state index contributed by atoms with van der Waals surface area (Å²) in [5.41, 5.74) is 6.38. The molecule has 7 rings (SSSR count). The van der Waals surface area contributed by atoms with Crippen molar-refractivity contribution < 1.29 is 14.4 Å². The minimum atomic E-state index is -0.500. The van der Waals surface area contributed by atoms with Crippen molar-refractivity contribution in [2.24, 2.45) is 4.99 Å². The number of aryl methyl sites for hydroxylation is 1. The quantitative estimate of drug-likeness (QED) is 0.173. The zero-order valence-corrected chi connectivity index (χ0v) is 24.6. The van der Waals surface area contributed by atoms with E-state index in [-0.39, 0.29) is 11.2 Å². The lowest BCUT2D eigenvalue weighted by molar-refractivity contribution is -0.384. The molecule has 1 aliphatic heterocycles. The molecule has 0 saturated carbocycles. The molecule has 1 aliphatic carbocycles. The number of hydrogen-bond acceptors (Lipinski definition) is 7. The number of thiazole rings is 1. The summed E-state index contributed by atoms with van der Waals surface area (Å²) in [7, 11) is 1.59. The maximum Gasteiger partial charge on any atom is 0.271 e. The number of allylic oxidation sites excluding steroid dienone is 1. The molecule has 0 spiro atoms. The van der Waals surface area contributed by atoms with Gasteiger partial charge in [-0.25, -0.2) is 4.99 Å². The van der Waals surface area contributed by atoms with Crippen LogP contribution in [0, 0.1) is 10.1 Å². The van der Waals surface area contributed by atoms with Gasteiger partial charge in [-0.1, -0.05) is 84.1 Å². The van der Waals surface area contributed by atoms with Crippen molar-refractivity contribution in [3.8, 4) is 11.5 Å². The number of nitro benzene ring substituents is 1. The lowest BCUT2D eigenvalue weighted by Crippen LogP contribution is -2.38. The molecule has 0 saturated heterocycles. The van der Waals surface area contributed by atoms with Gasteiger partial charge in [0.2, 0.25) is 0 Å². The van der Waals surface area contributed by atoms with Crippen LogP contribution in [0.5, 0.6) is 11.5 Å². The first-order chi connectivity index (χ1) is 21.5. The van der Waals surface area contributed by atoms with Crippen molar-refractivity contribution in [2.75, 3.05) is 7.11 Å². The van der Waals surface area contributed by atoms with Gasteiger partial charge >= 0.3 is 0 Å². The summed E-state index contributed by atoms with van der Waals surface area (Å²) in [6.45, 7) is 0.403. The van der Waals surface area contributed by atoms with Crippen LogP contribution in [0.15, 0.2) is 112 Å². The summed E-state index contributed by atoms with van der Waals surface area (Å²) >= 11 is 1.31. The van der Waals surface area contributed by atoms with E-state index in [1.54, 1.807) is 23.8 Å². The first kappa shape index (κ1) is 27.5. The van der Waals surface area contributed by atoms with Crippen LogP contribution in [-0.4, -0.2) is 16.6 Å². The average molecular weight is 602 g/mol. The van der Waals surface area contributed by atoms with Gasteiger partial charge in [-0.3, -0.25) is 19.5 Å². The van der Waals surface area contributed by atoms with E-state index < -0.39 is 11.0 Å². The van der Waals surface area contributed by atoms with Crippen molar-refractivity contribution in [2.45, 2.75) is 25.5 Å². The number of non-ortho nitro benzene ring substituents is 1. The summed E-state index contributed by atoms with van der Waals surface area (Å²) in [6, 6.07) is 29.7. The lowest BCUT2D eigenvalue weighted by atomic mass is 9.83. The van der Waals surface area contributed by atoms with Crippen molar-refractivity contribution in [1.29, 1.82) is 0 Å². The maximum absolute atomic E-state index is 14.1. The smallest absolute Gasteiger partial charge is 0.271 e. The molecule has 1 aromatic heterocycles. The lowest BCUT2D eigenvalue weighted by Gasteiger charge is -2.30. The third-order valence-corrected chi connectivity index (χ3v) is 8.98. The highest BCUT2D eigenvalue weighted by Crippen LogP contribution is 2.41. The molecule has 218 valence electrons. The summed E-state index contributed by atoms with van der Waals surface area (Å²) in [6.07, 6.45) is 3.34. The Hall–Kier alpha value is -5.28. The van der Waals surface area contributed by atoms with Crippen LogP contribution in [0.2, 0.25) is 0 Å². The van der Waals surface area contributed by atoms with Crippen LogP contribution in [0.4, 0.5) is 5.69 Å². The number of methoxy groups -OCH3 is 1. The third-order valence-electron chi connectivity index (χ3n) is 7.99. The number of nitro groups is 1. The zero-order valence-electron chi connectivity index (χ0n) is 23.8. The second-order valence-electron chi connectivity index (χ2n) is 10.7. The predicted octanol–water partition coefficient (Wildman–Crippen LogP) is 5.81. The molecule has 4 aromatic carbocycles. The fourth-order valence-electron chi connectivity index (χ4n) is 5.91. The number of hydrogen-bond donors (Lipinski definition) is 0. The number of rotatable bonds is 7. The summed E-state index contributed by atoms with van der Waals surface area (Å²) < 4.78 is 13.8. The Morgan fingerprint density at radius 1 is 0.977 bits per heavy atom. The summed E-state index contributed by atoms with van der Waals surface area (Å²) in [5.74, 6) is 1.16. The van der Waals surface area contributed by atoms with E-state index in [0.29, 0.717) is 39.4 Å². The Bertz CT molecular complexity index is 2130. The molecule has 0 unspecified atom stereocenters. The predicted molar refractivity (Wildman–Crippen MR) is 170 cm³/mol. The van der Waals surface area contributed by atoms with E-state index in [0.717, 1.165) is 34.4 Å². The van der Waals surface area contributed by atoms with Gasteiger partial charge in [0.05, 0.1) is 28.3 Å². The number of aromatic nitrogens is 1. The van der Waals surface area contributed by atoms with Gasteiger partial charge in [-0.2, -0.15) is 0 Å². The summed E-state index contributed by atoms with van der Waals surface area (Å²) in [4.78, 5) is 31.0. The van der Waals surface area contributed by atoms with Gasteiger partial charge < -0.3 is 9.47 Å². The van der Waals surface area contributed by atoms with Crippen molar-refractivity contribution in [3.63, 3.8) is 0 Å². The van der Waals surface area contributed by atoms with Crippen LogP contribution in [0.3, 0.4) is 0 Å². The van der Waals surface area contributed by atoms with E-state index >= 15 is 0 Å². The van der Waals surface area contributed by atoms with E-state index in [2.05, 4.69) is 12.1 Å². The molecule has 0 bridgehead atoms. The molecule has 2 heterocycles. The Kier molecular flexibility index (Phi) is 7.15. The van der Waals surface area contributed by atoms with E-state index in [4.69, 9.17) is 14.5 Å². The van der Waals surface area contributed by atoms with Gasteiger partial charge in [0, 0.05) is 17.7 Å². The third kappa shape index (κ3) is 5.01. The van der Waals surface area contributed by atoms with Gasteiger partial charge in [0.1, 0.15) is 6.61 Å². The van der Waals surface area contributed by atoms with E-state index in [9.17, 15) is 14.9 Å². The minimum Gasteiger partial charge on any atom is -0.493 e. The van der Waals surface area contributed by atoms with Gasteiger partial charge in [0.25, 0.3) is 11.2 Å². The monoisotopic (exact) mass is 601 g/mol. The Balaban J connectivity index is 1.33. The van der Waals surface area contributed by atoms with Crippen LogP contribution in [-0.2, 0) is 13.0 Å². The van der Waals surface area contributed by atoms with Crippen molar-refractivity contribution in [1.82, 2.24) is 4.57 Å². The van der Waals surface area contributed by atoms with Crippen LogP contribution in [0.25, 0.3) is 11.8 Å². The fourth-order valence-corrected chi connectivity index (χ4v) is 6.91. The second-order valence-corrected chi connectivity index (χ2v) is 11.7. The minimum absolute atomic E-state index is 0.0124. The van der Waals surface area contributed by atoms with Crippen molar-refractivity contribution >= 4 is 28.8 Å². The maximum atomic E-state index is 14.1. The number of benzene rings is 4. The topological polar surface area (TPSA) is 96.0 Å². The molecule has 2 aliphatic rings. The zero-order chi connectivity index (χ0) is 30.2. The van der Waals surface area contributed by atoms with Crippen LogP contribution < -0.4 is 24.4 Å². The Morgan fingerprint density at radius 2 is 1.80 bits per heavy atom. The number of nitrogens with zero attached hydrogens (tertiary/aromatic N) is 3. The highest BCUT2D eigenvalue weighted by Gasteiger charge is 2.33. The normalized spacial score (nSPS) is 15.6. The molecule has 9 heteroatoms. The largest absolute Gasteiger partial charge is 0.493 e. The molecule has 0 N–H and O–H groups in total. The SMILES string of the molecule is COc1cc(/C=c2/sc3n(c2=O)[C@@H](c2cccc([N+](=O)[O-])c2)C2=C(N=3)c3ccccc3CC2)ccc1OCc1ccccc1. The van der Waals surface area contributed by atoms with Crippen LogP contribution in [0.1, 0.15) is 40.3 Å². The van der Waals surface area contributed by atoms with Crippen molar-refractivity contribution in [3.05, 3.63) is 160 Å². The molecule has 0 amide bonds. The molecule has 0 radical (unpaired) electrons. The average Bonchev–Trinajstić information content (AvgIpc) is 3.37. The Morgan fingerprint density at radius 3 is 2.61 bits per heavy atom. The van der Waals surface area contributed by atoms with E-state index in [1.165, 1.54) is 23.0 Å².